The van der Waals surface area contributed by atoms with Crippen LogP contribution in [0.5, 0.6) is 0 Å². The van der Waals surface area contributed by atoms with Gasteiger partial charge in [-0.15, -0.1) is 0 Å². The monoisotopic (exact) mass is 390 g/mol. The number of aryl methyl sites for hydroxylation is 1. The maximum Gasteiger partial charge on any atom is 0.338 e. The van der Waals surface area contributed by atoms with Crippen LogP contribution in [0.1, 0.15) is 22.8 Å². The van der Waals surface area contributed by atoms with Gasteiger partial charge >= 0.3 is 5.97 Å². The zero-order chi connectivity index (χ0) is 20.0. The summed E-state index contributed by atoms with van der Waals surface area (Å²) in [4.78, 5) is 24.1. The highest BCUT2D eigenvalue weighted by molar-refractivity contribution is 7.89. The molecule has 8 heteroatoms. The van der Waals surface area contributed by atoms with E-state index < -0.39 is 28.5 Å². The van der Waals surface area contributed by atoms with E-state index in [1.54, 1.807) is 6.07 Å². The van der Waals surface area contributed by atoms with E-state index in [2.05, 4.69) is 5.32 Å². The molecule has 0 bridgehead atoms. The third kappa shape index (κ3) is 5.38. The van der Waals surface area contributed by atoms with Gasteiger partial charge in [-0.05, 0) is 42.3 Å². The van der Waals surface area contributed by atoms with E-state index in [0.29, 0.717) is 5.69 Å². The van der Waals surface area contributed by atoms with Gasteiger partial charge in [-0.25, -0.2) is 17.5 Å². The molecule has 0 heterocycles. The van der Waals surface area contributed by atoms with Gasteiger partial charge in [0.05, 0.1) is 10.5 Å². The van der Waals surface area contributed by atoms with Crippen LogP contribution in [-0.2, 0) is 26.0 Å². The number of nitrogens with zero attached hydrogens (tertiary/aromatic N) is 1. The number of amides is 1. The Morgan fingerprint density at radius 3 is 2.44 bits per heavy atom. The minimum absolute atomic E-state index is 0.0252. The molecule has 2 aromatic carbocycles. The molecule has 0 aliphatic heterocycles. The number of benzene rings is 2. The molecule has 2 aromatic rings. The van der Waals surface area contributed by atoms with Crippen molar-refractivity contribution in [3.63, 3.8) is 0 Å². The molecule has 1 N–H and O–H groups in total. The lowest BCUT2D eigenvalue weighted by Gasteiger charge is -2.12. The number of esters is 1. The molecule has 0 saturated heterocycles. The van der Waals surface area contributed by atoms with Crippen molar-refractivity contribution in [1.29, 1.82) is 0 Å². The first kappa shape index (κ1) is 20.6. The van der Waals surface area contributed by atoms with Crippen LogP contribution in [0.4, 0.5) is 5.69 Å². The second kappa shape index (κ2) is 8.79. The molecule has 1 amide bonds. The Morgan fingerprint density at radius 1 is 1.07 bits per heavy atom. The summed E-state index contributed by atoms with van der Waals surface area (Å²) in [5.41, 5.74) is 1.75. The molecule has 7 nitrogen and oxygen atoms in total. The van der Waals surface area contributed by atoms with Crippen LogP contribution in [0.2, 0.25) is 0 Å². The maximum absolute atomic E-state index is 12.1. The number of carbonyl (C=O) groups excluding carboxylic acids is 2. The lowest BCUT2D eigenvalue weighted by atomic mass is 10.1. The lowest BCUT2D eigenvalue weighted by molar-refractivity contribution is -0.119. The first-order valence-corrected chi connectivity index (χ1v) is 9.76. The summed E-state index contributed by atoms with van der Waals surface area (Å²) in [6.45, 7) is 1.53. The van der Waals surface area contributed by atoms with Crippen LogP contribution < -0.4 is 5.32 Å². The summed E-state index contributed by atoms with van der Waals surface area (Å²) in [6, 6.07) is 12.9. The molecule has 27 heavy (non-hydrogen) atoms. The molecule has 144 valence electrons. The largest absolute Gasteiger partial charge is 0.452 e. The molecule has 0 radical (unpaired) electrons. The average Bonchev–Trinajstić information content (AvgIpc) is 2.66. The van der Waals surface area contributed by atoms with Gasteiger partial charge in [0.25, 0.3) is 5.91 Å². The Labute approximate surface area is 159 Å². The van der Waals surface area contributed by atoms with Crippen molar-refractivity contribution in [3.05, 3.63) is 59.7 Å². The molecule has 2 rings (SSSR count). The SMILES string of the molecule is CCc1cccc(NC(=O)COC(=O)c2cccc(S(=O)(=O)N(C)C)c2)c1. The van der Waals surface area contributed by atoms with Gasteiger partial charge in [0.2, 0.25) is 10.0 Å². The zero-order valence-corrected chi connectivity index (χ0v) is 16.2. The molecular formula is C19H22N2O5S. The standard InChI is InChI=1S/C19H22N2O5S/c1-4-14-7-5-9-16(11-14)20-18(22)13-26-19(23)15-8-6-10-17(12-15)27(24,25)21(2)3/h5-12H,4,13H2,1-3H3,(H,20,22). The summed E-state index contributed by atoms with van der Waals surface area (Å²) in [5, 5.41) is 2.66. The van der Waals surface area contributed by atoms with Gasteiger partial charge in [-0.2, -0.15) is 0 Å². The fourth-order valence-electron chi connectivity index (χ4n) is 2.27. The quantitative estimate of drug-likeness (QED) is 0.732. The van der Waals surface area contributed by atoms with Crippen LogP contribution in [0.15, 0.2) is 53.4 Å². The van der Waals surface area contributed by atoms with Gasteiger partial charge in [0.1, 0.15) is 0 Å². The van der Waals surface area contributed by atoms with Crippen molar-refractivity contribution in [1.82, 2.24) is 4.31 Å². The Kier molecular flexibility index (Phi) is 6.70. The molecule has 0 aliphatic rings. The number of anilines is 1. The number of ether oxygens (including phenoxy) is 1. The molecule has 0 aromatic heterocycles. The van der Waals surface area contributed by atoms with E-state index in [-0.39, 0.29) is 10.5 Å². The predicted molar refractivity (Wildman–Crippen MR) is 102 cm³/mol. The summed E-state index contributed by atoms with van der Waals surface area (Å²) in [6.07, 6.45) is 0.838. The summed E-state index contributed by atoms with van der Waals surface area (Å²) in [5.74, 6) is -1.25. The van der Waals surface area contributed by atoms with Crippen LogP contribution in [-0.4, -0.2) is 45.3 Å². The first-order valence-electron chi connectivity index (χ1n) is 8.32. The first-order chi connectivity index (χ1) is 12.7. The van der Waals surface area contributed by atoms with E-state index in [1.165, 1.54) is 38.4 Å². The lowest BCUT2D eigenvalue weighted by Crippen LogP contribution is -2.23. The minimum Gasteiger partial charge on any atom is -0.452 e. The van der Waals surface area contributed by atoms with E-state index in [4.69, 9.17) is 4.74 Å². The van der Waals surface area contributed by atoms with Crippen molar-refractivity contribution < 1.29 is 22.7 Å². The van der Waals surface area contributed by atoms with Crippen LogP contribution >= 0.6 is 0 Å². The maximum atomic E-state index is 12.1. The van der Waals surface area contributed by atoms with E-state index >= 15 is 0 Å². The highest BCUT2D eigenvalue weighted by atomic mass is 32.2. The van der Waals surface area contributed by atoms with Crippen molar-refractivity contribution in [2.75, 3.05) is 26.0 Å². The van der Waals surface area contributed by atoms with E-state index in [9.17, 15) is 18.0 Å². The van der Waals surface area contributed by atoms with Crippen molar-refractivity contribution in [2.24, 2.45) is 0 Å². The molecule has 0 saturated carbocycles. The van der Waals surface area contributed by atoms with Crippen molar-refractivity contribution in [3.8, 4) is 0 Å². The Bertz CT molecular complexity index is 939. The van der Waals surface area contributed by atoms with Crippen molar-refractivity contribution >= 4 is 27.6 Å². The molecule has 0 unspecified atom stereocenters. The third-order valence-corrected chi connectivity index (χ3v) is 5.61. The van der Waals surface area contributed by atoms with E-state index in [0.717, 1.165) is 16.3 Å². The highest BCUT2D eigenvalue weighted by Crippen LogP contribution is 2.16. The third-order valence-electron chi connectivity index (χ3n) is 3.80. The molecule has 0 aliphatic carbocycles. The van der Waals surface area contributed by atoms with E-state index in [1.807, 2.05) is 25.1 Å². The summed E-state index contributed by atoms with van der Waals surface area (Å²) >= 11 is 0. The number of hydrogen-bond acceptors (Lipinski definition) is 5. The normalized spacial score (nSPS) is 11.3. The number of rotatable bonds is 7. The number of nitrogens with one attached hydrogen (secondary N) is 1. The smallest absolute Gasteiger partial charge is 0.338 e. The molecule has 0 fully saturated rings. The molecule has 0 spiro atoms. The zero-order valence-electron chi connectivity index (χ0n) is 15.4. The Hall–Kier alpha value is -2.71. The number of hydrogen-bond donors (Lipinski definition) is 1. The fourth-order valence-corrected chi connectivity index (χ4v) is 3.22. The molecule has 0 atom stereocenters. The Morgan fingerprint density at radius 2 is 1.78 bits per heavy atom. The van der Waals surface area contributed by atoms with Gasteiger partial charge in [0.15, 0.2) is 6.61 Å². The summed E-state index contributed by atoms with van der Waals surface area (Å²) in [7, 11) is -0.863. The van der Waals surface area contributed by atoms with Crippen LogP contribution in [0, 0.1) is 0 Å². The topological polar surface area (TPSA) is 92.8 Å². The molecular weight excluding hydrogens is 368 g/mol. The number of sulfonamides is 1. The van der Waals surface area contributed by atoms with Crippen LogP contribution in [0.25, 0.3) is 0 Å². The van der Waals surface area contributed by atoms with Gasteiger partial charge in [0, 0.05) is 19.8 Å². The van der Waals surface area contributed by atoms with Crippen LogP contribution in [0.3, 0.4) is 0 Å². The average molecular weight is 390 g/mol. The summed E-state index contributed by atoms with van der Waals surface area (Å²) < 4.78 is 30.3. The van der Waals surface area contributed by atoms with Gasteiger partial charge in [-0.3, -0.25) is 4.79 Å². The van der Waals surface area contributed by atoms with Crippen molar-refractivity contribution in [2.45, 2.75) is 18.2 Å². The Balaban J connectivity index is 2.00. The number of carbonyl (C=O) groups is 2. The second-order valence-electron chi connectivity index (χ2n) is 5.99. The highest BCUT2D eigenvalue weighted by Gasteiger charge is 2.19. The minimum atomic E-state index is -3.67. The second-order valence-corrected chi connectivity index (χ2v) is 8.15. The van der Waals surface area contributed by atoms with Gasteiger partial charge in [-0.1, -0.05) is 25.1 Å². The fraction of sp³-hybridized carbons (Fsp3) is 0.263. The van der Waals surface area contributed by atoms with Gasteiger partial charge < -0.3 is 10.1 Å². The predicted octanol–water partition coefficient (Wildman–Crippen LogP) is 2.29.